The number of rotatable bonds is 5. The molecule has 2 heterocycles. The minimum Gasteiger partial charge on any atom is -0.459 e. The Morgan fingerprint density at radius 2 is 1.91 bits per heavy atom. The van der Waals surface area contributed by atoms with E-state index >= 15 is 0 Å². The number of nitrogens with zero attached hydrogens (tertiary/aromatic N) is 2. The van der Waals surface area contributed by atoms with Gasteiger partial charge in [-0.15, -0.1) is 12.4 Å². The van der Waals surface area contributed by atoms with E-state index < -0.39 is 0 Å². The Hall–Kier alpha value is -1.53. The van der Waals surface area contributed by atoms with Crippen LogP contribution in [-0.2, 0) is 4.79 Å². The lowest BCUT2D eigenvalue weighted by atomic mass is 10.2. The van der Waals surface area contributed by atoms with E-state index in [1.54, 1.807) is 17.0 Å². The lowest BCUT2D eigenvalue weighted by Crippen LogP contribution is -2.54. The molecule has 0 radical (unpaired) electrons. The van der Waals surface area contributed by atoms with Crippen LogP contribution in [0.5, 0.6) is 0 Å². The van der Waals surface area contributed by atoms with E-state index in [1.165, 1.54) is 6.26 Å². The fraction of sp³-hybridized carbons (Fsp3) is 0.600. The fourth-order valence-electron chi connectivity index (χ4n) is 2.41. The summed E-state index contributed by atoms with van der Waals surface area (Å²) in [4.78, 5) is 27.9. The number of nitrogens with one attached hydrogen (secondary N) is 1. The lowest BCUT2D eigenvalue weighted by molar-refractivity contribution is -0.134. The molecule has 1 atom stereocenters. The second kappa shape index (κ2) is 8.80. The summed E-state index contributed by atoms with van der Waals surface area (Å²) in [6.45, 7) is 7.04. The third kappa shape index (κ3) is 4.48. The molecule has 1 aromatic rings. The first-order valence-corrected chi connectivity index (χ1v) is 7.48. The highest BCUT2D eigenvalue weighted by Crippen LogP contribution is 2.10. The smallest absolute Gasteiger partial charge is 0.289 e. The Morgan fingerprint density at radius 3 is 2.45 bits per heavy atom. The van der Waals surface area contributed by atoms with Crippen molar-refractivity contribution < 1.29 is 14.0 Å². The number of hydrogen-bond acceptors (Lipinski definition) is 4. The first kappa shape index (κ1) is 18.5. The number of halogens is 1. The molecule has 1 aliphatic rings. The van der Waals surface area contributed by atoms with Crippen LogP contribution >= 0.6 is 12.4 Å². The van der Waals surface area contributed by atoms with Crippen molar-refractivity contribution in [1.82, 2.24) is 15.1 Å². The summed E-state index contributed by atoms with van der Waals surface area (Å²) in [7, 11) is 0. The number of hydrogen-bond donors (Lipinski definition) is 1. The van der Waals surface area contributed by atoms with Gasteiger partial charge in [-0.25, -0.2) is 0 Å². The minimum atomic E-state index is -0.169. The van der Waals surface area contributed by atoms with Crippen LogP contribution in [0.4, 0.5) is 0 Å². The van der Waals surface area contributed by atoms with Crippen LogP contribution in [-0.4, -0.2) is 60.4 Å². The number of amides is 2. The van der Waals surface area contributed by atoms with Gasteiger partial charge in [0.1, 0.15) is 0 Å². The van der Waals surface area contributed by atoms with Gasteiger partial charge < -0.3 is 19.5 Å². The molecule has 0 spiro atoms. The Bertz CT molecular complexity index is 470. The molecule has 2 amide bonds. The van der Waals surface area contributed by atoms with Crippen molar-refractivity contribution in [3.8, 4) is 0 Å². The molecule has 124 valence electrons. The quantitative estimate of drug-likeness (QED) is 0.886. The van der Waals surface area contributed by atoms with E-state index in [-0.39, 0.29) is 30.3 Å². The molecule has 1 aromatic heterocycles. The van der Waals surface area contributed by atoms with E-state index in [9.17, 15) is 9.59 Å². The van der Waals surface area contributed by atoms with Gasteiger partial charge in [-0.1, -0.05) is 6.92 Å². The average Bonchev–Trinajstić information content (AvgIpc) is 3.05. The standard InChI is InChI=1S/C15H23N3O3.ClH/c1-3-6-16-12(2)14(19)17-7-9-18(10-8-17)15(20)13-5-4-11-21-13;/h4-5,11-12,16H,3,6-10H2,1-2H3;1H. The maximum absolute atomic E-state index is 12.3. The molecule has 0 aromatic carbocycles. The molecule has 1 N–H and O–H groups in total. The number of carbonyl (C=O) groups excluding carboxylic acids is 2. The number of piperazine rings is 1. The van der Waals surface area contributed by atoms with Crippen molar-refractivity contribution in [1.29, 1.82) is 0 Å². The normalized spacial score (nSPS) is 16.1. The van der Waals surface area contributed by atoms with Crippen molar-refractivity contribution in [2.75, 3.05) is 32.7 Å². The molecule has 1 unspecified atom stereocenters. The van der Waals surface area contributed by atoms with Crippen LogP contribution in [0, 0.1) is 0 Å². The van der Waals surface area contributed by atoms with Crippen molar-refractivity contribution >= 4 is 24.2 Å². The average molecular weight is 330 g/mol. The third-order valence-electron chi connectivity index (χ3n) is 3.68. The predicted octanol–water partition coefficient (Wildman–Crippen LogP) is 1.37. The first-order chi connectivity index (χ1) is 10.1. The third-order valence-corrected chi connectivity index (χ3v) is 3.68. The van der Waals surface area contributed by atoms with Gasteiger partial charge in [0.2, 0.25) is 5.91 Å². The SMILES string of the molecule is CCCNC(C)C(=O)N1CCN(C(=O)c2ccco2)CC1.Cl. The molecule has 1 aliphatic heterocycles. The number of carbonyl (C=O) groups is 2. The maximum atomic E-state index is 12.3. The van der Waals surface area contributed by atoms with Crippen molar-refractivity contribution in [3.63, 3.8) is 0 Å². The summed E-state index contributed by atoms with van der Waals surface area (Å²) < 4.78 is 5.12. The van der Waals surface area contributed by atoms with Crippen LogP contribution in [0.2, 0.25) is 0 Å². The zero-order chi connectivity index (χ0) is 15.2. The van der Waals surface area contributed by atoms with Gasteiger partial charge >= 0.3 is 0 Å². The molecule has 2 rings (SSSR count). The van der Waals surface area contributed by atoms with Gasteiger partial charge in [0.25, 0.3) is 5.91 Å². The molecule has 7 heteroatoms. The molecule has 1 fully saturated rings. The highest BCUT2D eigenvalue weighted by atomic mass is 35.5. The molecular weight excluding hydrogens is 306 g/mol. The van der Waals surface area contributed by atoms with Gasteiger partial charge in [-0.05, 0) is 32.0 Å². The van der Waals surface area contributed by atoms with Gasteiger partial charge in [0.15, 0.2) is 5.76 Å². The largest absolute Gasteiger partial charge is 0.459 e. The van der Waals surface area contributed by atoms with Crippen LogP contribution in [0.3, 0.4) is 0 Å². The van der Waals surface area contributed by atoms with Crippen molar-refractivity contribution in [2.45, 2.75) is 26.3 Å². The molecule has 0 saturated carbocycles. The molecule has 0 aliphatic carbocycles. The van der Waals surface area contributed by atoms with E-state index in [0.29, 0.717) is 31.9 Å². The van der Waals surface area contributed by atoms with E-state index in [2.05, 4.69) is 12.2 Å². The Kier molecular flexibility index (Phi) is 7.41. The summed E-state index contributed by atoms with van der Waals surface area (Å²) in [5, 5.41) is 3.20. The van der Waals surface area contributed by atoms with Crippen LogP contribution in [0.1, 0.15) is 30.8 Å². The van der Waals surface area contributed by atoms with Gasteiger partial charge in [-0.3, -0.25) is 9.59 Å². The van der Waals surface area contributed by atoms with Crippen LogP contribution in [0.25, 0.3) is 0 Å². The van der Waals surface area contributed by atoms with Gasteiger partial charge in [0.05, 0.1) is 12.3 Å². The van der Waals surface area contributed by atoms with Crippen molar-refractivity contribution in [3.05, 3.63) is 24.2 Å². The number of furan rings is 1. The molecule has 0 bridgehead atoms. The second-order valence-electron chi connectivity index (χ2n) is 5.27. The second-order valence-corrected chi connectivity index (χ2v) is 5.27. The van der Waals surface area contributed by atoms with Crippen LogP contribution in [0.15, 0.2) is 22.8 Å². The molecule has 22 heavy (non-hydrogen) atoms. The minimum absolute atomic E-state index is 0. The van der Waals surface area contributed by atoms with E-state index in [1.807, 2.05) is 11.8 Å². The summed E-state index contributed by atoms with van der Waals surface area (Å²) in [6, 6.07) is 3.20. The summed E-state index contributed by atoms with van der Waals surface area (Å²) in [5.41, 5.74) is 0. The lowest BCUT2D eigenvalue weighted by Gasteiger charge is -2.35. The Morgan fingerprint density at radius 1 is 1.27 bits per heavy atom. The Labute approximate surface area is 137 Å². The summed E-state index contributed by atoms with van der Waals surface area (Å²) in [6.07, 6.45) is 2.50. The highest BCUT2D eigenvalue weighted by Gasteiger charge is 2.27. The molecule has 1 saturated heterocycles. The van der Waals surface area contributed by atoms with Crippen molar-refractivity contribution in [2.24, 2.45) is 0 Å². The topological polar surface area (TPSA) is 65.8 Å². The zero-order valence-electron chi connectivity index (χ0n) is 13.1. The summed E-state index contributed by atoms with van der Waals surface area (Å²) >= 11 is 0. The summed E-state index contributed by atoms with van der Waals surface area (Å²) in [5.74, 6) is 0.352. The van der Waals surface area contributed by atoms with Gasteiger partial charge in [-0.2, -0.15) is 0 Å². The fourth-order valence-corrected chi connectivity index (χ4v) is 2.41. The highest BCUT2D eigenvalue weighted by molar-refractivity contribution is 5.91. The van der Waals surface area contributed by atoms with E-state index in [0.717, 1.165) is 13.0 Å². The monoisotopic (exact) mass is 329 g/mol. The molecular formula is C15H24ClN3O3. The molecule has 6 nitrogen and oxygen atoms in total. The van der Waals surface area contributed by atoms with Crippen LogP contribution < -0.4 is 5.32 Å². The zero-order valence-corrected chi connectivity index (χ0v) is 13.9. The van der Waals surface area contributed by atoms with E-state index in [4.69, 9.17) is 4.42 Å². The predicted molar refractivity (Wildman–Crippen MR) is 86.2 cm³/mol. The maximum Gasteiger partial charge on any atom is 0.289 e. The Balaban J connectivity index is 0.00000242. The van der Waals surface area contributed by atoms with Gasteiger partial charge in [0, 0.05) is 26.2 Å². The first-order valence-electron chi connectivity index (χ1n) is 7.48.